The molecule has 1 aromatic rings. The van der Waals surface area contributed by atoms with Gasteiger partial charge in [-0.25, -0.2) is 4.79 Å². The summed E-state index contributed by atoms with van der Waals surface area (Å²) in [7, 11) is 0. The van der Waals surface area contributed by atoms with Crippen LogP contribution in [0, 0.1) is 0 Å². The van der Waals surface area contributed by atoms with E-state index < -0.39 is 5.54 Å². The highest BCUT2D eigenvalue weighted by atomic mass is 32.2. The number of rotatable bonds is 8. The Kier molecular flexibility index (Phi) is 7.26. The van der Waals surface area contributed by atoms with Gasteiger partial charge in [0.15, 0.2) is 5.54 Å². The van der Waals surface area contributed by atoms with Gasteiger partial charge in [0.05, 0.1) is 6.61 Å². The maximum absolute atomic E-state index is 12.7. The standard InChI is InChI=1S/C17H27NO2S/c1-6-20-16(19)17(18-13(2)3,12-21-14(4)5)15-10-8-7-9-11-15/h7-11,13-14,18H,6,12H2,1-5H3. The summed E-state index contributed by atoms with van der Waals surface area (Å²) in [6, 6.07) is 10.1. The minimum atomic E-state index is -0.791. The molecule has 0 bridgehead atoms. The molecule has 1 N–H and O–H groups in total. The average Bonchev–Trinajstić information content (AvgIpc) is 2.44. The van der Waals surface area contributed by atoms with Crippen molar-refractivity contribution in [2.75, 3.05) is 12.4 Å². The lowest BCUT2D eigenvalue weighted by molar-refractivity contribution is -0.151. The van der Waals surface area contributed by atoms with Crippen LogP contribution in [0.5, 0.6) is 0 Å². The molecule has 0 aromatic heterocycles. The summed E-state index contributed by atoms with van der Waals surface area (Å²) in [5.74, 6) is 0.462. The molecule has 0 spiro atoms. The first-order valence-electron chi connectivity index (χ1n) is 7.54. The molecular formula is C17H27NO2S. The van der Waals surface area contributed by atoms with Crippen LogP contribution in [-0.2, 0) is 15.1 Å². The number of benzene rings is 1. The number of ether oxygens (including phenoxy) is 1. The zero-order valence-corrected chi connectivity index (χ0v) is 14.5. The molecular weight excluding hydrogens is 282 g/mol. The maximum atomic E-state index is 12.7. The summed E-state index contributed by atoms with van der Waals surface area (Å²) >= 11 is 1.77. The van der Waals surface area contributed by atoms with E-state index in [1.54, 1.807) is 11.8 Å². The monoisotopic (exact) mass is 309 g/mol. The van der Waals surface area contributed by atoms with Gasteiger partial charge in [0.1, 0.15) is 0 Å². The van der Waals surface area contributed by atoms with Gasteiger partial charge in [-0.2, -0.15) is 11.8 Å². The van der Waals surface area contributed by atoms with Crippen molar-refractivity contribution >= 4 is 17.7 Å². The lowest BCUT2D eigenvalue weighted by atomic mass is 9.91. The summed E-state index contributed by atoms with van der Waals surface area (Å²) in [4.78, 5) is 12.7. The Morgan fingerprint density at radius 1 is 1.24 bits per heavy atom. The zero-order chi connectivity index (χ0) is 15.9. The second-order valence-corrected chi connectivity index (χ2v) is 7.22. The molecule has 0 aliphatic heterocycles. The van der Waals surface area contributed by atoms with E-state index in [1.165, 1.54) is 0 Å². The lowest BCUT2D eigenvalue weighted by Crippen LogP contribution is -2.55. The molecule has 0 saturated carbocycles. The Bertz CT molecular complexity index is 434. The van der Waals surface area contributed by atoms with E-state index in [0.29, 0.717) is 17.6 Å². The van der Waals surface area contributed by atoms with E-state index in [0.717, 1.165) is 5.56 Å². The molecule has 0 aliphatic rings. The van der Waals surface area contributed by atoms with E-state index in [9.17, 15) is 4.79 Å². The van der Waals surface area contributed by atoms with E-state index in [1.807, 2.05) is 37.3 Å². The molecule has 1 atom stereocenters. The number of carbonyl (C=O) groups excluding carboxylic acids is 1. The normalized spacial score (nSPS) is 14.2. The van der Waals surface area contributed by atoms with Crippen LogP contribution in [0.4, 0.5) is 0 Å². The number of carbonyl (C=O) groups is 1. The lowest BCUT2D eigenvalue weighted by Gasteiger charge is -2.35. The Labute approximate surface area is 132 Å². The molecule has 0 fully saturated rings. The van der Waals surface area contributed by atoms with Crippen molar-refractivity contribution in [2.24, 2.45) is 0 Å². The van der Waals surface area contributed by atoms with E-state index in [2.05, 4.69) is 33.0 Å². The second-order valence-electron chi connectivity index (χ2n) is 5.65. The third-order valence-corrected chi connectivity index (χ3v) is 4.33. The summed E-state index contributed by atoms with van der Waals surface area (Å²) in [6.07, 6.45) is 0. The van der Waals surface area contributed by atoms with Crippen LogP contribution in [-0.4, -0.2) is 29.6 Å². The van der Waals surface area contributed by atoms with Gasteiger partial charge in [-0.3, -0.25) is 5.32 Å². The summed E-state index contributed by atoms with van der Waals surface area (Å²) < 4.78 is 5.38. The fourth-order valence-corrected chi connectivity index (χ4v) is 3.16. The molecule has 1 unspecified atom stereocenters. The van der Waals surface area contributed by atoms with E-state index in [4.69, 9.17) is 4.74 Å². The molecule has 1 aromatic carbocycles. The van der Waals surface area contributed by atoms with Crippen LogP contribution in [0.15, 0.2) is 30.3 Å². The van der Waals surface area contributed by atoms with Crippen LogP contribution in [0.1, 0.15) is 40.2 Å². The Balaban J connectivity index is 3.22. The first-order valence-corrected chi connectivity index (χ1v) is 8.59. The van der Waals surface area contributed by atoms with Gasteiger partial charge in [-0.05, 0) is 31.6 Å². The van der Waals surface area contributed by atoms with Crippen LogP contribution < -0.4 is 5.32 Å². The molecule has 0 radical (unpaired) electrons. The highest BCUT2D eigenvalue weighted by molar-refractivity contribution is 7.99. The third kappa shape index (κ3) is 5.04. The van der Waals surface area contributed by atoms with Crippen molar-refractivity contribution in [2.45, 2.75) is 51.4 Å². The van der Waals surface area contributed by atoms with Crippen molar-refractivity contribution in [1.82, 2.24) is 5.32 Å². The van der Waals surface area contributed by atoms with E-state index in [-0.39, 0.29) is 12.0 Å². The highest BCUT2D eigenvalue weighted by Crippen LogP contribution is 2.30. The van der Waals surface area contributed by atoms with Crippen molar-refractivity contribution in [3.8, 4) is 0 Å². The molecule has 21 heavy (non-hydrogen) atoms. The molecule has 118 valence electrons. The number of hydrogen-bond donors (Lipinski definition) is 1. The van der Waals surface area contributed by atoms with Crippen LogP contribution >= 0.6 is 11.8 Å². The van der Waals surface area contributed by atoms with Crippen LogP contribution in [0.2, 0.25) is 0 Å². The number of hydrogen-bond acceptors (Lipinski definition) is 4. The molecule has 3 nitrogen and oxygen atoms in total. The largest absolute Gasteiger partial charge is 0.464 e. The summed E-state index contributed by atoms with van der Waals surface area (Å²) in [5, 5.41) is 3.91. The van der Waals surface area contributed by atoms with Gasteiger partial charge >= 0.3 is 5.97 Å². The first kappa shape index (κ1) is 18.1. The Hall–Kier alpha value is -1.00. The van der Waals surface area contributed by atoms with Crippen molar-refractivity contribution < 1.29 is 9.53 Å². The quantitative estimate of drug-likeness (QED) is 0.745. The first-order chi connectivity index (χ1) is 9.92. The van der Waals surface area contributed by atoms with Crippen molar-refractivity contribution in [3.05, 3.63) is 35.9 Å². The van der Waals surface area contributed by atoms with Gasteiger partial charge in [-0.1, -0.05) is 44.2 Å². The maximum Gasteiger partial charge on any atom is 0.331 e. The van der Waals surface area contributed by atoms with Gasteiger partial charge in [-0.15, -0.1) is 0 Å². The molecule has 1 rings (SSSR count). The van der Waals surface area contributed by atoms with Gasteiger partial charge < -0.3 is 4.74 Å². The van der Waals surface area contributed by atoms with Crippen LogP contribution in [0.3, 0.4) is 0 Å². The average molecular weight is 309 g/mol. The highest BCUT2D eigenvalue weighted by Gasteiger charge is 2.42. The number of thioether (sulfide) groups is 1. The SMILES string of the molecule is CCOC(=O)C(CSC(C)C)(NC(C)C)c1ccccc1. The Morgan fingerprint density at radius 3 is 2.33 bits per heavy atom. The predicted octanol–water partition coefficient (Wildman–Crippen LogP) is 3.58. The van der Waals surface area contributed by atoms with Crippen molar-refractivity contribution in [3.63, 3.8) is 0 Å². The molecule has 0 heterocycles. The smallest absolute Gasteiger partial charge is 0.331 e. The van der Waals surface area contributed by atoms with Crippen molar-refractivity contribution in [1.29, 1.82) is 0 Å². The molecule has 4 heteroatoms. The molecule has 0 saturated heterocycles. The summed E-state index contributed by atoms with van der Waals surface area (Å²) in [6.45, 7) is 10.6. The van der Waals surface area contributed by atoms with Crippen LogP contribution in [0.25, 0.3) is 0 Å². The van der Waals surface area contributed by atoms with E-state index >= 15 is 0 Å². The molecule has 0 amide bonds. The zero-order valence-electron chi connectivity index (χ0n) is 13.7. The fourth-order valence-electron chi connectivity index (χ4n) is 2.21. The summed E-state index contributed by atoms with van der Waals surface area (Å²) in [5.41, 5.74) is 0.172. The fraction of sp³-hybridized carbons (Fsp3) is 0.588. The predicted molar refractivity (Wildman–Crippen MR) is 90.6 cm³/mol. The minimum absolute atomic E-state index is 0.183. The Morgan fingerprint density at radius 2 is 1.86 bits per heavy atom. The second kappa shape index (κ2) is 8.44. The van der Waals surface area contributed by atoms with Gasteiger partial charge in [0.25, 0.3) is 0 Å². The minimum Gasteiger partial charge on any atom is -0.464 e. The third-order valence-electron chi connectivity index (χ3n) is 3.06. The number of nitrogens with one attached hydrogen (secondary N) is 1. The van der Waals surface area contributed by atoms with Gasteiger partial charge in [0.2, 0.25) is 0 Å². The molecule has 0 aliphatic carbocycles. The van der Waals surface area contributed by atoms with Gasteiger partial charge in [0, 0.05) is 11.8 Å². The number of esters is 1. The topological polar surface area (TPSA) is 38.3 Å².